The lowest BCUT2D eigenvalue weighted by Gasteiger charge is -2.24. The van der Waals surface area contributed by atoms with Crippen LogP contribution in [0.1, 0.15) is 36.8 Å². The highest BCUT2D eigenvalue weighted by Crippen LogP contribution is 2.36. The molecule has 0 bridgehead atoms. The topological polar surface area (TPSA) is 20.2 Å². The molecule has 110 valence electrons. The van der Waals surface area contributed by atoms with Crippen molar-refractivity contribution in [1.29, 1.82) is 0 Å². The normalized spacial score (nSPS) is 17.0. The average Bonchev–Trinajstić information content (AvgIpc) is 3.04. The molecule has 21 heavy (non-hydrogen) atoms. The van der Waals surface area contributed by atoms with E-state index in [0.29, 0.717) is 11.7 Å². The summed E-state index contributed by atoms with van der Waals surface area (Å²) in [5.74, 6) is 1.90. The first-order chi connectivity index (χ1) is 10.3. The number of hydrogen-bond acceptors (Lipinski definition) is 1. The Labute approximate surface area is 127 Å². The number of phenolic OH excluding ortho intramolecular Hbond substituents is 1. The van der Waals surface area contributed by atoms with Gasteiger partial charge in [0.25, 0.3) is 0 Å². The highest BCUT2D eigenvalue weighted by Gasteiger charge is 2.26. The van der Waals surface area contributed by atoms with E-state index in [-0.39, 0.29) is 0 Å². The fraction of sp³-hybridized carbons (Fsp3) is 0.400. The first-order valence-corrected chi connectivity index (χ1v) is 8.14. The summed E-state index contributed by atoms with van der Waals surface area (Å²) in [5, 5.41) is 10.1. The molecule has 1 N–H and O–H groups in total. The van der Waals surface area contributed by atoms with E-state index in [1.807, 2.05) is 18.2 Å². The quantitative estimate of drug-likeness (QED) is 0.818. The van der Waals surface area contributed by atoms with Crippen LogP contribution in [-0.2, 0) is 12.8 Å². The zero-order valence-electron chi connectivity index (χ0n) is 12.5. The SMILES string of the molecule is Oc1ccccc1CC(Cc1ccccc1)C1CCCC1. The van der Waals surface area contributed by atoms with Crippen molar-refractivity contribution in [1.82, 2.24) is 0 Å². The zero-order chi connectivity index (χ0) is 14.5. The number of rotatable bonds is 5. The van der Waals surface area contributed by atoms with E-state index in [2.05, 4.69) is 36.4 Å². The number of hydrogen-bond donors (Lipinski definition) is 1. The Morgan fingerprint density at radius 2 is 1.52 bits per heavy atom. The maximum absolute atomic E-state index is 10.1. The third kappa shape index (κ3) is 3.66. The van der Waals surface area contributed by atoms with E-state index in [1.54, 1.807) is 0 Å². The van der Waals surface area contributed by atoms with E-state index in [9.17, 15) is 5.11 Å². The van der Waals surface area contributed by atoms with Gasteiger partial charge in [-0.1, -0.05) is 74.2 Å². The van der Waals surface area contributed by atoms with Crippen LogP contribution in [0, 0.1) is 11.8 Å². The molecule has 1 saturated carbocycles. The van der Waals surface area contributed by atoms with Gasteiger partial charge >= 0.3 is 0 Å². The first-order valence-electron chi connectivity index (χ1n) is 8.14. The van der Waals surface area contributed by atoms with Crippen molar-refractivity contribution < 1.29 is 5.11 Å². The second-order valence-electron chi connectivity index (χ2n) is 6.33. The molecule has 3 rings (SSSR count). The van der Waals surface area contributed by atoms with Crippen molar-refractivity contribution in [2.24, 2.45) is 11.8 Å². The summed E-state index contributed by atoms with van der Waals surface area (Å²) in [6, 6.07) is 18.6. The molecule has 1 fully saturated rings. The number of aromatic hydroxyl groups is 1. The first kappa shape index (κ1) is 14.2. The maximum Gasteiger partial charge on any atom is 0.118 e. The second kappa shape index (κ2) is 6.80. The standard InChI is InChI=1S/C20H24O/c21-20-13-7-6-12-18(20)15-19(17-10-4-5-11-17)14-16-8-2-1-3-9-16/h1-3,6-9,12-13,17,19,21H,4-5,10-11,14-15H2. The molecule has 0 spiro atoms. The van der Waals surface area contributed by atoms with Crippen molar-refractivity contribution in [2.45, 2.75) is 38.5 Å². The molecule has 0 amide bonds. The molecular weight excluding hydrogens is 256 g/mol. The Balaban J connectivity index is 1.77. The Morgan fingerprint density at radius 3 is 2.24 bits per heavy atom. The lowest BCUT2D eigenvalue weighted by atomic mass is 9.81. The minimum atomic E-state index is 0.452. The van der Waals surface area contributed by atoms with Crippen LogP contribution < -0.4 is 0 Å². The van der Waals surface area contributed by atoms with Crippen LogP contribution in [0.25, 0.3) is 0 Å². The predicted molar refractivity (Wildman–Crippen MR) is 87.4 cm³/mol. The highest BCUT2D eigenvalue weighted by atomic mass is 16.3. The Kier molecular flexibility index (Phi) is 4.59. The van der Waals surface area contributed by atoms with Gasteiger partial charge in [-0.05, 0) is 41.9 Å². The van der Waals surface area contributed by atoms with Gasteiger partial charge in [-0.15, -0.1) is 0 Å². The van der Waals surface area contributed by atoms with Crippen molar-refractivity contribution in [3.05, 3.63) is 65.7 Å². The molecule has 2 aromatic rings. The van der Waals surface area contributed by atoms with Crippen LogP contribution in [0.15, 0.2) is 54.6 Å². The summed E-state index contributed by atoms with van der Waals surface area (Å²) in [6.07, 6.45) is 7.57. The molecule has 0 aromatic heterocycles. The van der Waals surface area contributed by atoms with Gasteiger partial charge in [0.05, 0.1) is 0 Å². The molecule has 0 radical (unpaired) electrons. The Bertz CT molecular complexity index is 555. The summed E-state index contributed by atoms with van der Waals surface area (Å²) in [4.78, 5) is 0. The molecule has 1 unspecified atom stereocenters. The van der Waals surface area contributed by atoms with Gasteiger partial charge in [0.1, 0.15) is 5.75 Å². The van der Waals surface area contributed by atoms with E-state index in [0.717, 1.165) is 24.3 Å². The lowest BCUT2D eigenvalue weighted by Crippen LogP contribution is -2.17. The monoisotopic (exact) mass is 280 g/mol. The van der Waals surface area contributed by atoms with Gasteiger partial charge in [-0.25, -0.2) is 0 Å². The smallest absolute Gasteiger partial charge is 0.118 e. The van der Waals surface area contributed by atoms with Crippen LogP contribution in [0.3, 0.4) is 0 Å². The van der Waals surface area contributed by atoms with Crippen molar-refractivity contribution in [2.75, 3.05) is 0 Å². The minimum absolute atomic E-state index is 0.452. The molecule has 0 saturated heterocycles. The molecule has 1 nitrogen and oxygen atoms in total. The summed E-state index contributed by atoms with van der Waals surface area (Å²) < 4.78 is 0. The molecular formula is C20H24O. The third-order valence-electron chi connectivity index (χ3n) is 4.88. The second-order valence-corrected chi connectivity index (χ2v) is 6.33. The summed E-state index contributed by atoms with van der Waals surface area (Å²) in [7, 11) is 0. The van der Waals surface area contributed by atoms with Crippen LogP contribution in [0.4, 0.5) is 0 Å². The summed E-state index contributed by atoms with van der Waals surface area (Å²) >= 11 is 0. The molecule has 0 heterocycles. The van der Waals surface area contributed by atoms with Crippen molar-refractivity contribution in [3.8, 4) is 5.75 Å². The fourth-order valence-electron chi connectivity index (χ4n) is 3.72. The van der Waals surface area contributed by atoms with Gasteiger partial charge in [0.2, 0.25) is 0 Å². The zero-order valence-corrected chi connectivity index (χ0v) is 12.5. The molecule has 2 aromatic carbocycles. The van der Waals surface area contributed by atoms with Crippen LogP contribution in [-0.4, -0.2) is 5.11 Å². The van der Waals surface area contributed by atoms with Crippen LogP contribution >= 0.6 is 0 Å². The van der Waals surface area contributed by atoms with Crippen molar-refractivity contribution in [3.63, 3.8) is 0 Å². The Hall–Kier alpha value is -1.76. The van der Waals surface area contributed by atoms with E-state index in [4.69, 9.17) is 0 Å². The van der Waals surface area contributed by atoms with Gasteiger partial charge in [-0.3, -0.25) is 0 Å². The minimum Gasteiger partial charge on any atom is -0.508 e. The maximum atomic E-state index is 10.1. The number of phenols is 1. The van der Waals surface area contributed by atoms with Crippen molar-refractivity contribution >= 4 is 0 Å². The van der Waals surface area contributed by atoms with Gasteiger partial charge < -0.3 is 5.11 Å². The van der Waals surface area contributed by atoms with E-state index >= 15 is 0 Å². The molecule has 1 atom stereocenters. The van der Waals surface area contributed by atoms with Crippen LogP contribution in [0.5, 0.6) is 5.75 Å². The predicted octanol–water partition coefficient (Wildman–Crippen LogP) is 4.98. The summed E-state index contributed by atoms with van der Waals surface area (Å²) in [6.45, 7) is 0. The molecule has 0 aliphatic heterocycles. The number of benzene rings is 2. The van der Waals surface area contributed by atoms with Gasteiger partial charge in [0, 0.05) is 0 Å². The average molecular weight is 280 g/mol. The van der Waals surface area contributed by atoms with Crippen LogP contribution in [0.2, 0.25) is 0 Å². The Morgan fingerprint density at radius 1 is 0.857 bits per heavy atom. The fourth-order valence-corrected chi connectivity index (χ4v) is 3.72. The van der Waals surface area contributed by atoms with E-state index in [1.165, 1.54) is 31.2 Å². The largest absolute Gasteiger partial charge is 0.508 e. The summed E-state index contributed by atoms with van der Waals surface area (Å²) in [5.41, 5.74) is 2.52. The third-order valence-corrected chi connectivity index (χ3v) is 4.88. The number of para-hydroxylation sites is 1. The molecule has 1 aliphatic rings. The molecule has 1 heteroatoms. The molecule has 1 aliphatic carbocycles. The van der Waals surface area contributed by atoms with E-state index < -0.39 is 0 Å². The van der Waals surface area contributed by atoms with Gasteiger partial charge in [-0.2, -0.15) is 0 Å². The van der Waals surface area contributed by atoms with Gasteiger partial charge in [0.15, 0.2) is 0 Å². The lowest BCUT2D eigenvalue weighted by molar-refractivity contribution is 0.330. The highest BCUT2D eigenvalue weighted by molar-refractivity contribution is 5.32.